The molecule has 3 nitrogen and oxygen atoms in total. The lowest BCUT2D eigenvalue weighted by Gasteiger charge is -2.14. The van der Waals surface area contributed by atoms with Gasteiger partial charge in [0, 0.05) is 18.4 Å². The summed E-state index contributed by atoms with van der Waals surface area (Å²) in [6, 6.07) is 6.61. The number of rotatable bonds is 6. The van der Waals surface area contributed by atoms with Crippen LogP contribution < -0.4 is 5.32 Å². The Morgan fingerprint density at radius 3 is 2.94 bits per heavy atom. The summed E-state index contributed by atoms with van der Waals surface area (Å²) < 4.78 is 5.08. The van der Waals surface area contributed by atoms with Crippen LogP contribution in [0.3, 0.4) is 0 Å². The van der Waals surface area contributed by atoms with Crippen molar-refractivity contribution < 1.29 is 4.42 Å². The second-order valence-electron chi connectivity index (χ2n) is 4.22. The summed E-state index contributed by atoms with van der Waals surface area (Å²) in [5.41, 5.74) is 2.54. The standard InChI is InChI=1S/C14H18N2O/c1-15-14(9-13-6-8-17-11-13)5-4-12-3-2-7-16-10-12/h2-3,6-8,10-11,14-15H,4-5,9H2,1H3. The number of likely N-dealkylation sites (N-methyl/N-ethyl adjacent to an activating group) is 1. The van der Waals surface area contributed by atoms with E-state index in [2.05, 4.69) is 16.4 Å². The Morgan fingerprint density at radius 2 is 2.29 bits per heavy atom. The summed E-state index contributed by atoms with van der Waals surface area (Å²) in [4.78, 5) is 4.13. The maximum atomic E-state index is 5.08. The molecule has 0 radical (unpaired) electrons. The Kier molecular flexibility index (Phi) is 4.33. The van der Waals surface area contributed by atoms with Gasteiger partial charge in [0.25, 0.3) is 0 Å². The van der Waals surface area contributed by atoms with E-state index in [0.29, 0.717) is 6.04 Å². The van der Waals surface area contributed by atoms with Crippen molar-refractivity contribution in [2.75, 3.05) is 7.05 Å². The lowest BCUT2D eigenvalue weighted by molar-refractivity contribution is 0.512. The van der Waals surface area contributed by atoms with Crippen LogP contribution in [-0.2, 0) is 12.8 Å². The van der Waals surface area contributed by atoms with Gasteiger partial charge in [0.1, 0.15) is 0 Å². The molecule has 1 N–H and O–H groups in total. The van der Waals surface area contributed by atoms with Crippen molar-refractivity contribution >= 4 is 0 Å². The average molecular weight is 230 g/mol. The number of pyridine rings is 1. The predicted octanol–water partition coefficient (Wildman–Crippen LogP) is 2.44. The molecule has 2 heterocycles. The topological polar surface area (TPSA) is 38.1 Å². The Labute approximate surface area is 102 Å². The molecule has 90 valence electrons. The lowest BCUT2D eigenvalue weighted by Crippen LogP contribution is -2.28. The Hall–Kier alpha value is -1.61. The van der Waals surface area contributed by atoms with Crippen molar-refractivity contribution in [1.29, 1.82) is 0 Å². The Balaban J connectivity index is 1.84. The average Bonchev–Trinajstić information content (AvgIpc) is 2.88. The van der Waals surface area contributed by atoms with E-state index in [-0.39, 0.29) is 0 Å². The minimum absolute atomic E-state index is 0.479. The molecule has 0 bridgehead atoms. The van der Waals surface area contributed by atoms with Crippen LogP contribution in [0.5, 0.6) is 0 Å². The molecule has 1 atom stereocenters. The first-order valence-electron chi connectivity index (χ1n) is 5.95. The molecule has 0 aliphatic rings. The summed E-state index contributed by atoms with van der Waals surface area (Å²) in [6.07, 6.45) is 10.4. The van der Waals surface area contributed by atoms with Crippen molar-refractivity contribution in [3.05, 3.63) is 54.2 Å². The molecular formula is C14H18N2O. The quantitative estimate of drug-likeness (QED) is 0.828. The first kappa shape index (κ1) is 11.9. The van der Waals surface area contributed by atoms with Gasteiger partial charge in [-0.05, 0) is 49.6 Å². The van der Waals surface area contributed by atoms with Crippen LogP contribution in [0.15, 0.2) is 47.5 Å². The van der Waals surface area contributed by atoms with Crippen LogP contribution in [0.4, 0.5) is 0 Å². The largest absolute Gasteiger partial charge is 0.472 e. The molecule has 2 aromatic heterocycles. The summed E-state index contributed by atoms with van der Waals surface area (Å²) in [5, 5.41) is 3.35. The van der Waals surface area contributed by atoms with Gasteiger partial charge in [-0.15, -0.1) is 0 Å². The molecule has 0 aliphatic heterocycles. The van der Waals surface area contributed by atoms with Gasteiger partial charge in [0.2, 0.25) is 0 Å². The number of aryl methyl sites for hydroxylation is 1. The van der Waals surface area contributed by atoms with Gasteiger partial charge in [-0.3, -0.25) is 4.98 Å². The van der Waals surface area contributed by atoms with Crippen LogP contribution in [0.1, 0.15) is 17.5 Å². The molecule has 0 fully saturated rings. The monoisotopic (exact) mass is 230 g/mol. The minimum atomic E-state index is 0.479. The minimum Gasteiger partial charge on any atom is -0.472 e. The van der Waals surface area contributed by atoms with Crippen molar-refractivity contribution in [3.8, 4) is 0 Å². The number of furan rings is 1. The van der Waals surface area contributed by atoms with Crippen LogP contribution in [0, 0.1) is 0 Å². The van der Waals surface area contributed by atoms with Gasteiger partial charge in [-0.25, -0.2) is 0 Å². The molecule has 0 aliphatic carbocycles. The Bertz CT molecular complexity index is 411. The molecule has 17 heavy (non-hydrogen) atoms. The molecule has 1 unspecified atom stereocenters. The normalized spacial score (nSPS) is 12.5. The molecule has 3 heteroatoms. The number of hydrogen-bond donors (Lipinski definition) is 1. The third-order valence-electron chi connectivity index (χ3n) is 2.97. The van der Waals surface area contributed by atoms with Crippen molar-refractivity contribution in [2.24, 2.45) is 0 Å². The summed E-state index contributed by atoms with van der Waals surface area (Å²) in [7, 11) is 2.01. The third kappa shape index (κ3) is 3.71. The molecule has 2 aromatic rings. The van der Waals surface area contributed by atoms with Crippen molar-refractivity contribution in [2.45, 2.75) is 25.3 Å². The molecule has 0 spiro atoms. The van der Waals surface area contributed by atoms with E-state index >= 15 is 0 Å². The number of nitrogens with zero attached hydrogens (tertiary/aromatic N) is 1. The Morgan fingerprint density at radius 1 is 1.35 bits per heavy atom. The molecular weight excluding hydrogens is 212 g/mol. The van der Waals surface area contributed by atoms with Gasteiger partial charge in [-0.2, -0.15) is 0 Å². The highest BCUT2D eigenvalue weighted by Crippen LogP contribution is 2.09. The third-order valence-corrected chi connectivity index (χ3v) is 2.97. The van der Waals surface area contributed by atoms with E-state index in [0.717, 1.165) is 19.3 Å². The zero-order valence-electron chi connectivity index (χ0n) is 10.1. The zero-order chi connectivity index (χ0) is 11.9. The van der Waals surface area contributed by atoms with Crippen molar-refractivity contribution in [1.82, 2.24) is 10.3 Å². The first-order chi connectivity index (χ1) is 8.38. The second-order valence-corrected chi connectivity index (χ2v) is 4.22. The van der Waals surface area contributed by atoms with Gasteiger partial charge in [0.15, 0.2) is 0 Å². The van der Waals surface area contributed by atoms with E-state index in [1.807, 2.05) is 37.8 Å². The van der Waals surface area contributed by atoms with E-state index in [1.54, 1.807) is 6.26 Å². The van der Waals surface area contributed by atoms with Crippen LogP contribution in [-0.4, -0.2) is 18.1 Å². The van der Waals surface area contributed by atoms with Gasteiger partial charge in [-0.1, -0.05) is 6.07 Å². The summed E-state index contributed by atoms with van der Waals surface area (Å²) in [6.45, 7) is 0. The van der Waals surface area contributed by atoms with Crippen LogP contribution in [0.25, 0.3) is 0 Å². The van der Waals surface area contributed by atoms with Gasteiger partial charge >= 0.3 is 0 Å². The van der Waals surface area contributed by atoms with E-state index < -0.39 is 0 Å². The summed E-state index contributed by atoms with van der Waals surface area (Å²) >= 11 is 0. The van der Waals surface area contributed by atoms with Crippen LogP contribution in [0.2, 0.25) is 0 Å². The number of aromatic nitrogens is 1. The fourth-order valence-electron chi connectivity index (χ4n) is 1.93. The van der Waals surface area contributed by atoms with E-state index in [4.69, 9.17) is 4.42 Å². The van der Waals surface area contributed by atoms with Gasteiger partial charge in [0.05, 0.1) is 12.5 Å². The maximum Gasteiger partial charge on any atom is 0.0935 e. The van der Waals surface area contributed by atoms with E-state index in [9.17, 15) is 0 Å². The highest BCUT2D eigenvalue weighted by molar-refractivity contribution is 5.10. The molecule has 0 aromatic carbocycles. The molecule has 0 saturated carbocycles. The van der Waals surface area contributed by atoms with E-state index in [1.165, 1.54) is 11.1 Å². The fourth-order valence-corrected chi connectivity index (χ4v) is 1.93. The first-order valence-corrected chi connectivity index (χ1v) is 5.95. The molecule has 0 saturated heterocycles. The highest BCUT2D eigenvalue weighted by atomic mass is 16.3. The van der Waals surface area contributed by atoms with Crippen molar-refractivity contribution in [3.63, 3.8) is 0 Å². The fraction of sp³-hybridized carbons (Fsp3) is 0.357. The smallest absolute Gasteiger partial charge is 0.0935 e. The molecule has 0 amide bonds. The van der Waals surface area contributed by atoms with Gasteiger partial charge < -0.3 is 9.73 Å². The second kappa shape index (κ2) is 6.21. The van der Waals surface area contributed by atoms with Crippen LogP contribution >= 0.6 is 0 Å². The predicted molar refractivity (Wildman–Crippen MR) is 67.8 cm³/mol. The SMILES string of the molecule is CNC(CCc1cccnc1)Cc1ccoc1. The lowest BCUT2D eigenvalue weighted by atomic mass is 10.0. The highest BCUT2D eigenvalue weighted by Gasteiger charge is 2.08. The summed E-state index contributed by atoms with van der Waals surface area (Å²) in [5.74, 6) is 0. The maximum absolute atomic E-state index is 5.08. The molecule has 2 rings (SSSR count). The number of hydrogen-bond acceptors (Lipinski definition) is 3. The zero-order valence-corrected chi connectivity index (χ0v) is 10.1. The number of nitrogens with one attached hydrogen (secondary N) is 1.